The topological polar surface area (TPSA) is 63.3 Å². The van der Waals surface area contributed by atoms with Gasteiger partial charge in [0.05, 0.1) is 5.41 Å². The Hall–Kier alpha value is -0.570. The summed E-state index contributed by atoms with van der Waals surface area (Å²) < 4.78 is 0. The summed E-state index contributed by atoms with van der Waals surface area (Å²) in [5, 5.41) is 9.24. The van der Waals surface area contributed by atoms with Crippen molar-refractivity contribution in [3.63, 3.8) is 0 Å². The van der Waals surface area contributed by atoms with E-state index in [1.807, 2.05) is 6.92 Å². The van der Waals surface area contributed by atoms with Crippen LogP contribution in [0, 0.1) is 16.7 Å². The molecule has 3 aliphatic rings. The fourth-order valence-corrected chi connectivity index (χ4v) is 4.34. The van der Waals surface area contributed by atoms with Crippen molar-refractivity contribution < 1.29 is 9.90 Å². The molecule has 0 heterocycles. The van der Waals surface area contributed by atoms with Gasteiger partial charge in [-0.2, -0.15) is 0 Å². The summed E-state index contributed by atoms with van der Waals surface area (Å²) in [4.78, 5) is 11.2. The molecule has 3 nitrogen and oxygen atoms in total. The molecule has 3 saturated carbocycles. The third-order valence-electron chi connectivity index (χ3n) is 4.90. The minimum absolute atomic E-state index is 0.0187. The average Bonchev–Trinajstić information content (AvgIpc) is 2.43. The molecule has 0 aromatic rings. The second-order valence-corrected chi connectivity index (χ2v) is 6.13. The number of carbonyl (C=O) groups is 1. The zero-order chi connectivity index (χ0) is 10.2. The predicted octanol–water partition coefficient (Wildman–Crippen LogP) is 1.37. The molecule has 4 unspecified atom stereocenters. The Morgan fingerprint density at radius 1 is 1.36 bits per heavy atom. The number of aliphatic carboxylic acids is 1. The molecular weight excluding hydrogens is 178 g/mol. The molecule has 3 heteroatoms. The van der Waals surface area contributed by atoms with E-state index in [0.29, 0.717) is 5.92 Å². The van der Waals surface area contributed by atoms with Gasteiger partial charge in [0.25, 0.3) is 0 Å². The van der Waals surface area contributed by atoms with Crippen LogP contribution in [0.15, 0.2) is 0 Å². The van der Waals surface area contributed by atoms with E-state index in [4.69, 9.17) is 5.73 Å². The maximum Gasteiger partial charge on any atom is 0.309 e. The number of nitrogens with two attached hydrogens (primary N) is 1. The summed E-state index contributed by atoms with van der Waals surface area (Å²) >= 11 is 0. The predicted molar refractivity (Wildman–Crippen MR) is 51.7 cm³/mol. The summed E-state index contributed by atoms with van der Waals surface area (Å²) in [5.74, 6) is -0.0543. The van der Waals surface area contributed by atoms with Gasteiger partial charge in [0.2, 0.25) is 0 Å². The maximum absolute atomic E-state index is 11.2. The van der Waals surface area contributed by atoms with E-state index < -0.39 is 11.4 Å². The average molecular weight is 195 g/mol. The van der Waals surface area contributed by atoms with Crippen LogP contribution >= 0.6 is 0 Å². The molecule has 0 aliphatic heterocycles. The molecule has 1 spiro atoms. The highest BCUT2D eigenvalue weighted by molar-refractivity contribution is 5.75. The van der Waals surface area contributed by atoms with Crippen LogP contribution in [-0.4, -0.2) is 16.6 Å². The highest BCUT2D eigenvalue weighted by Crippen LogP contribution is 2.75. The Bertz CT molecular complexity index is 327. The highest BCUT2D eigenvalue weighted by atomic mass is 16.4. The molecule has 0 aromatic heterocycles. The van der Waals surface area contributed by atoms with E-state index in [-0.39, 0.29) is 11.0 Å². The van der Waals surface area contributed by atoms with Crippen molar-refractivity contribution in [3.8, 4) is 0 Å². The van der Waals surface area contributed by atoms with Gasteiger partial charge in [0.15, 0.2) is 0 Å². The Labute approximate surface area is 83.7 Å². The first kappa shape index (κ1) is 8.72. The summed E-state index contributed by atoms with van der Waals surface area (Å²) in [6, 6.07) is 0. The van der Waals surface area contributed by atoms with E-state index in [0.717, 1.165) is 25.7 Å². The van der Waals surface area contributed by atoms with E-state index in [9.17, 15) is 9.90 Å². The van der Waals surface area contributed by atoms with Crippen LogP contribution in [0.25, 0.3) is 0 Å². The molecule has 78 valence electrons. The minimum atomic E-state index is -0.627. The van der Waals surface area contributed by atoms with Gasteiger partial charge in [-0.3, -0.25) is 4.79 Å². The van der Waals surface area contributed by atoms with E-state index >= 15 is 0 Å². The highest BCUT2D eigenvalue weighted by Gasteiger charge is 2.74. The van der Waals surface area contributed by atoms with Crippen molar-refractivity contribution in [3.05, 3.63) is 0 Å². The Kier molecular flexibility index (Phi) is 1.25. The molecule has 3 N–H and O–H groups in total. The fourth-order valence-electron chi connectivity index (χ4n) is 4.34. The number of fused-ring (bicyclic) bond motifs is 1. The third-order valence-corrected chi connectivity index (χ3v) is 4.90. The quantitative estimate of drug-likeness (QED) is 0.664. The molecule has 14 heavy (non-hydrogen) atoms. The molecule has 3 aliphatic carbocycles. The summed E-state index contributed by atoms with van der Waals surface area (Å²) in [6.07, 6.45) is 4.97. The van der Waals surface area contributed by atoms with E-state index in [1.54, 1.807) is 0 Å². The Morgan fingerprint density at radius 3 is 2.64 bits per heavy atom. The summed E-state index contributed by atoms with van der Waals surface area (Å²) in [7, 11) is 0. The van der Waals surface area contributed by atoms with Crippen LogP contribution < -0.4 is 5.73 Å². The molecule has 0 amide bonds. The zero-order valence-corrected chi connectivity index (χ0v) is 8.55. The smallest absolute Gasteiger partial charge is 0.309 e. The second-order valence-electron chi connectivity index (χ2n) is 6.13. The lowest BCUT2D eigenvalue weighted by atomic mass is 9.67. The fraction of sp³-hybridized carbons (Fsp3) is 0.909. The van der Waals surface area contributed by atoms with E-state index in [1.165, 1.54) is 6.42 Å². The largest absolute Gasteiger partial charge is 0.481 e. The molecule has 0 aromatic carbocycles. The van der Waals surface area contributed by atoms with Crippen molar-refractivity contribution >= 4 is 5.97 Å². The molecule has 0 radical (unpaired) electrons. The van der Waals surface area contributed by atoms with Gasteiger partial charge in [-0.05, 0) is 50.4 Å². The first-order valence-corrected chi connectivity index (χ1v) is 5.42. The number of carboxylic acids is 1. The SMILES string of the molecule is CC1(C(=O)O)CC2CC3(N)CC3(C2)C1. The van der Waals surface area contributed by atoms with Crippen LogP contribution in [0.5, 0.6) is 0 Å². The summed E-state index contributed by atoms with van der Waals surface area (Å²) in [6.45, 7) is 1.90. The Balaban J connectivity index is 1.95. The third kappa shape index (κ3) is 0.800. The van der Waals surface area contributed by atoms with Crippen molar-refractivity contribution in [2.75, 3.05) is 0 Å². The van der Waals surface area contributed by atoms with Crippen LogP contribution in [0.3, 0.4) is 0 Å². The lowest BCUT2D eigenvalue weighted by molar-refractivity contribution is -0.151. The second kappa shape index (κ2) is 2.01. The normalized spacial score (nSPS) is 59.4. The van der Waals surface area contributed by atoms with Gasteiger partial charge >= 0.3 is 5.97 Å². The van der Waals surface area contributed by atoms with Crippen molar-refractivity contribution in [2.24, 2.45) is 22.5 Å². The van der Waals surface area contributed by atoms with Crippen LogP contribution in [-0.2, 0) is 4.79 Å². The molecule has 4 atom stereocenters. The van der Waals surface area contributed by atoms with Gasteiger partial charge in [0.1, 0.15) is 0 Å². The molecular formula is C11H17NO2. The number of carboxylic acid groups (broad SMARTS) is 1. The van der Waals surface area contributed by atoms with E-state index in [2.05, 4.69) is 0 Å². The number of rotatable bonds is 1. The van der Waals surface area contributed by atoms with Gasteiger partial charge < -0.3 is 10.8 Å². The van der Waals surface area contributed by atoms with Crippen molar-refractivity contribution in [1.82, 2.24) is 0 Å². The lowest BCUT2D eigenvalue weighted by Gasteiger charge is -2.36. The first-order chi connectivity index (χ1) is 6.39. The summed E-state index contributed by atoms with van der Waals surface area (Å²) in [5.41, 5.74) is 5.99. The first-order valence-electron chi connectivity index (χ1n) is 5.42. The molecule has 0 saturated heterocycles. The van der Waals surface area contributed by atoms with Crippen LogP contribution in [0.1, 0.15) is 39.0 Å². The number of hydrogen-bond donors (Lipinski definition) is 2. The monoisotopic (exact) mass is 195 g/mol. The molecule has 2 bridgehead atoms. The molecule has 3 fully saturated rings. The standard InChI is InChI=1S/C11H17NO2/c1-9(8(13)14)2-7-3-10(5-9)6-11(10,12)4-7/h7H,2-6,12H2,1H3,(H,13,14). The number of hydrogen-bond acceptors (Lipinski definition) is 2. The zero-order valence-electron chi connectivity index (χ0n) is 8.55. The van der Waals surface area contributed by atoms with Crippen molar-refractivity contribution in [2.45, 2.75) is 44.6 Å². The van der Waals surface area contributed by atoms with Gasteiger partial charge in [0, 0.05) is 5.54 Å². The van der Waals surface area contributed by atoms with Gasteiger partial charge in [-0.25, -0.2) is 0 Å². The Morgan fingerprint density at radius 2 is 2.07 bits per heavy atom. The minimum Gasteiger partial charge on any atom is -0.481 e. The van der Waals surface area contributed by atoms with Crippen LogP contribution in [0.4, 0.5) is 0 Å². The van der Waals surface area contributed by atoms with Gasteiger partial charge in [-0.15, -0.1) is 0 Å². The lowest BCUT2D eigenvalue weighted by Crippen LogP contribution is -2.37. The maximum atomic E-state index is 11.2. The van der Waals surface area contributed by atoms with Crippen LogP contribution in [0.2, 0.25) is 0 Å². The molecule has 3 rings (SSSR count). The van der Waals surface area contributed by atoms with Gasteiger partial charge in [-0.1, -0.05) is 0 Å². The van der Waals surface area contributed by atoms with Crippen molar-refractivity contribution in [1.29, 1.82) is 0 Å².